The van der Waals surface area contributed by atoms with Crippen LogP contribution in [0.25, 0.3) is 0 Å². The first-order valence-corrected chi connectivity index (χ1v) is 11.3. The van der Waals surface area contributed by atoms with Gasteiger partial charge in [-0.1, -0.05) is 42.6 Å². The third-order valence-electron chi connectivity index (χ3n) is 5.74. The van der Waals surface area contributed by atoms with Gasteiger partial charge in [0, 0.05) is 16.2 Å². The number of halogens is 1. The predicted molar refractivity (Wildman–Crippen MR) is 127 cm³/mol. The van der Waals surface area contributed by atoms with Crippen LogP contribution in [-0.4, -0.2) is 23.2 Å². The van der Waals surface area contributed by atoms with E-state index in [0.29, 0.717) is 17.3 Å². The Morgan fingerprint density at radius 2 is 1.87 bits per heavy atom. The van der Waals surface area contributed by atoms with E-state index in [4.69, 9.17) is 28.6 Å². The molecule has 1 aliphatic carbocycles. The van der Waals surface area contributed by atoms with Crippen LogP contribution in [0.15, 0.2) is 42.5 Å². The Hall–Kier alpha value is -2.11. The van der Waals surface area contributed by atoms with E-state index < -0.39 is 0 Å². The van der Waals surface area contributed by atoms with Gasteiger partial charge in [-0.05, 0) is 87.1 Å². The molecule has 0 aliphatic heterocycles. The maximum Gasteiger partial charge on any atom is 0.338 e. The number of thiocarbonyl (C=S) groups is 1. The van der Waals surface area contributed by atoms with E-state index in [1.807, 2.05) is 25.1 Å². The lowest BCUT2D eigenvalue weighted by Gasteiger charge is -2.32. The first kappa shape index (κ1) is 22.6. The molecule has 0 aromatic heterocycles. The van der Waals surface area contributed by atoms with Crippen molar-refractivity contribution in [3.63, 3.8) is 0 Å². The van der Waals surface area contributed by atoms with Gasteiger partial charge in [0.1, 0.15) is 0 Å². The molecule has 160 valence electrons. The summed E-state index contributed by atoms with van der Waals surface area (Å²) in [6.07, 6.45) is 6.60. The monoisotopic (exact) mass is 444 g/mol. The standard InChI is InChI=1S/C24H29ClN2O2S/c1-3-29-22(28)19-9-6-17(2)21(16-19)26-23(30)27-24(13-4-5-14-24)15-12-18-7-10-20(25)11-8-18/h6-11,16H,3-5,12-15H2,1-2H3,(H2,26,27,30). The van der Waals surface area contributed by atoms with E-state index in [1.165, 1.54) is 18.4 Å². The number of ether oxygens (including phenoxy) is 1. The fourth-order valence-electron chi connectivity index (χ4n) is 4.02. The normalized spacial score (nSPS) is 14.9. The summed E-state index contributed by atoms with van der Waals surface area (Å²) in [6, 6.07) is 13.5. The summed E-state index contributed by atoms with van der Waals surface area (Å²) in [4.78, 5) is 12.1. The molecule has 0 bridgehead atoms. The largest absolute Gasteiger partial charge is 0.462 e. The minimum Gasteiger partial charge on any atom is -0.462 e. The second kappa shape index (κ2) is 10.3. The van der Waals surface area contributed by atoms with Gasteiger partial charge < -0.3 is 15.4 Å². The highest BCUT2D eigenvalue weighted by Crippen LogP contribution is 2.34. The summed E-state index contributed by atoms with van der Waals surface area (Å²) < 4.78 is 5.11. The molecule has 0 heterocycles. The van der Waals surface area contributed by atoms with Crippen molar-refractivity contribution in [1.29, 1.82) is 0 Å². The van der Waals surface area contributed by atoms with Crippen molar-refractivity contribution in [3.8, 4) is 0 Å². The van der Waals surface area contributed by atoms with Crippen LogP contribution >= 0.6 is 23.8 Å². The summed E-state index contributed by atoms with van der Waals surface area (Å²) in [5.41, 5.74) is 3.64. The Bertz CT molecular complexity index is 893. The topological polar surface area (TPSA) is 50.4 Å². The lowest BCUT2D eigenvalue weighted by Crippen LogP contribution is -2.48. The van der Waals surface area contributed by atoms with E-state index in [1.54, 1.807) is 19.1 Å². The number of hydrogen-bond acceptors (Lipinski definition) is 3. The second-order valence-electron chi connectivity index (χ2n) is 7.94. The first-order chi connectivity index (χ1) is 14.4. The molecule has 1 saturated carbocycles. The van der Waals surface area contributed by atoms with Crippen molar-refractivity contribution in [2.75, 3.05) is 11.9 Å². The molecular weight excluding hydrogens is 416 g/mol. The molecule has 30 heavy (non-hydrogen) atoms. The molecule has 1 aliphatic rings. The van der Waals surface area contributed by atoms with Crippen molar-refractivity contribution in [1.82, 2.24) is 5.32 Å². The average Bonchev–Trinajstić information content (AvgIpc) is 3.18. The molecule has 2 aromatic carbocycles. The van der Waals surface area contributed by atoms with Crippen LogP contribution in [0.4, 0.5) is 5.69 Å². The van der Waals surface area contributed by atoms with Crippen LogP contribution in [0.1, 0.15) is 60.5 Å². The fourth-order valence-corrected chi connectivity index (χ4v) is 4.47. The minimum absolute atomic E-state index is 0.00360. The molecule has 0 radical (unpaired) electrons. The number of rotatable bonds is 7. The summed E-state index contributed by atoms with van der Waals surface area (Å²) in [5.74, 6) is -0.324. The number of carbonyl (C=O) groups is 1. The highest BCUT2D eigenvalue weighted by Gasteiger charge is 2.34. The molecular formula is C24H29ClN2O2S. The first-order valence-electron chi connectivity index (χ1n) is 10.5. The number of aryl methyl sites for hydroxylation is 2. The lowest BCUT2D eigenvalue weighted by atomic mass is 9.89. The summed E-state index contributed by atoms with van der Waals surface area (Å²) in [5, 5.41) is 8.26. The van der Waals surface area contributed by atoms with Gasteiger partial charge in [0.25, 0.3) is 0 Å². The molecule has 3 rings (SSSR count). The molecule has 4 nitrogen and oxygen atoms in total. The predicted octanol–water partition coefficient (Wildman–Crippen LogP) is 6.06. The maximum atomic E-state index is 12.1. The minimum atomic E-state index is -0.324. The number of benzene rings is 2. The molecule has 0 atom stereocenters. The van der Waals surface area contributed by atoms with Gasteiger partial charge in [0.15, 0.2) is 5.11 Å². The highest BCUT2D eigenvalue weighted by molar-refractivity contribution is 7.80. The quantitative estimate of drug-likeness (QED) is 0.401. The Morgan fingerprint density at radius 3 is 2.53 bits per heavy atom. The van der Waals surface area contributed by atoms with Gasteiger partial charge in [-0.2, -0.15) is 0 Å². The SMILES string of the molecule is CCOC(=O)c1ccc(C)c(NC(=S)NC2(CCc3ccc(Cl)cc3)CCCC2)c1. The Labute approximate surface area is 189 Å². The Kier molecular flexibility index (Phi) is 7.73. The van der Waals surface area contributed by atoms with Gasteiger partial charge in [0.05, 0.1) is 12.2 Å². The second-order valence-corrected chi connectivity index (χ2v) is 8.79. The van der Waals surface area contributed by atoms with Crippen LogP contribution in [0, 0.1) is 6.92 Å². The molecule has 1 fully saturated rings. The van der Waals surface area contributed by atoms with Crippen LogP contribution in [0.2, 0.25) is 5.02 Å². The lowest BCUT2D eigenvalue weighted by molar-refractivity contribution is 0.0526. The number of carbonyl (C=O) groups excluding carboxylic acids is 1. The molecule has 0 unspecified atom stereocenters. The van der Waals surface area contributed by atoms with Crippen molar-refractivity contribution in [3.05, 3.63) is 64.2 Å². The van der Waals surface area contributed by atoms with Crippen LogP contribution in [0.5, 0.6) is 0 Å². The number of esters is 1. The molecule has 0 amide bonds. The van der Waals surface area contributed by atoms with Gasteiger partial charge >= 0.3 is 5.97 Å². The number of anilines is 1. The van der Waals surface area contributed by atoms with E-state index in [0.717, 1.165) is 42.0 Å². The van der Waals surface area contributed by atoms with Crippen molar-refractivity contribution in [2.45, 2.75) is 57.9 Å². The molecule has 6 heteroatoms. The van der Waals surface area contributed by atoms with E-state index >= 15 is 0 Å². The van der Waals surface area contributed by atoms with Crippen molar-refractivity contribution in [2.24, 2.45) is 0 Å². The third kappa shape index (κ3) is 5.96. The summed E-state index contributed by atoms with van der Waals surface area (Å²) in [7, 11) is 0. The van der Waals surface area contributed by atoms with Crippen molar-refractivity contribution < 1.29 is 9.53 Å². The van der Waals surface area contributed by atoms with E-state index in [-0.39, 0.29) is 11.5 Å². The molecule has 2 N–H and O–H groups in total. The maximum absolute atomic E-state index is 12.1. The summed E-state index contributed by atoms with van der Waals surface area (Å²) in [6.45, 7) is 4.15. The van der Waals surface area contributed by atoms with Crippen molar-refractivity contribution >= 4 is 40.6 Å². The van der Waals surface area contributed by atoms with E-state index in [9.17, 15) is 4.79 Å². The molecule has 0 saturated heterocycles. The van der Waals surface area contributed by atoms with Crippen LogP contribution < -0.4 is 10.6 Å². The third-order valence-corrected chi connectivity index (χ3v) is 6.20. The molecule has 2 aromatic rings. The summed E-state index contributed by atoms with van der Waals surface area (Å²) >= 11 is 11.7. The van der Waals surface area contributed by atoms with Crippen LogP contribution in [0.3, 0.4) is 0 Å². The zero-order valence-electron chi connectivity index (χ0n) is 17.6. The van der Waals surface area contributed by atoms with Gasteiger partial charge in [-0.15, -0.1) is 0 Å². The highest BCUT2D eigenvalue weighted by atomic mass is 35.5. The van der Waals surface area contributed by atoms with Crippen LogP contribution in [-0.2, 0) is 11.2 Å². The van der Waals surface area contributed by atoms with E-state index in [2.05, 4.69) is 22.8 Å². The fraction of sp³-hybridized carbons (Fsp3) is 0.417. The van der Waals surface area contributed by atoms with Gasteiger partial charge in [-0.25, -0.2) is 4.79 Å². The molecule has 0 spiro atoms. The van der Waals surface area contributed by atoms with Gasteiger partial charge in [-0.3, -0.25) is 0 Å². The Balaban J connectivity index is 1.66. The zero-order valence-corrected chi connectivity index (χ0v) is 19.2. The van der Waals surface area contributed by atoms with Gasteiger partial charge in [0.2, 0.25) is 0 Å². The average molecular weight is 445 g/mol. The Morgan fingerprint density at radius 1 is 1.17 bits per heavy atom. The zero-order chi connectivity index (χ0) is 21.6. The number of hydrogen-bond donors (Lipinski definition) is 2. The number of nitrogens with one attached hydrogen (secondary N) is 2. The smallest absolute Gasteiger partial charge is 0.338 e.